The van der Waals surface area contributed by atoms with Crippen LogP contribution in [0.2, 0.25) is 0 Å². The summed E-state index contributed by atoms with van der Waals surface area (Å²) in [5.74, 6) is 0. The Bertz CT molecular complexity index is 386. The monoisotopic (exact) mass is 231 g/mol. The van der Waals surface area contributed by atoms with Crippen LogP contribution in [-0.4, -0.2) is 6.54 Å². The van der Waals surface area contributed by atoms with Crippen LogP contribution in [0.4, 0.5) is 0 Å². The van der Waals surface area contributed by atoms with E-state index in [-0.39, 0.29) is 0 Å². The first-order valence-electron chi connectivity index (χ1n) is 6.23. The van der Waals surface area contributed by atoms with Crippen molar-refractivity contribution in [3.63, 3.8) is 0 Å². The van der Waals surface area contributed by atoms with Gasteiger partial charge in [-0.15, -0.1) is 0 Å². The second-order valence-electron chi connectivity index (χ2n) is 4.46. The zero-order valence-electron chi connectivity index (χ0n) is 10.8. The zero-order chi connectivity index (χ0) is 12.7. The van der Waals surface area contributed by atoms with Crippen molar-refractivity contribution >= 4 is 0 Å². The lowest BCUT2D eigenvalue weighted by Crippen LogP contribution is -2.00. The number of hydrogen-bond acceptors (Lipinski definition) is 2. The predicted octanol–water partition coefficient (Wildman–Crippen LogP) is 4.70. The molecule has 0 aromatic heterocycles. The van der Waals surface area contributed by atoms with Crippen molar-refractivity contribution in [2.75, 3.05) is 6.54 Å². The number of allylic oxidation sites excluding steroid dienone is 6. The van der Waals surface area contributed by atoms with E-state index in [1.54, 1.807) is 0 Å². The summed E-state index contributed by atoms with van der Waals surface area (Å²) in [5, 5.41) is 2.94. The van der Waals surface area contributed by atoms with Gasteiger partial charge in [0.15, 0.2) is 0 Å². The molecule has 17 heavy (non-hydrogen) atoms. The quantitative estimate of drug-likeness (QED) is 0.609. The number of unbranched alkanes of at least 4 members (excludes halogenated alkanes) is 1. The summed E-state index contributed by atoms with van der Waals surface area (Å²) in [5.41, 5.74) is 5.01. The number of rotatable bonds is 6. The van der Waals surface area contributed by atoms with Crippen molar-refractivity contribution in [1.29, 1.82) is 0 Å². The second-order valence-corrected chi connectivity index (χ2v) is 4.46. The molecule has 0 atom stereocenters. The molecule has 92 valence electrons. The first-order chi connectivity index (χ1) is 8.19. The molecule has 0 aromatic rings. The minimum Gasteiger partial charge on any atom is -0.151 e. The standard InChI is InChI=1S/C15H21NO/c1-4-5-6-15-11-14(12(2)3)8-7-13(15)9-10-16-17/h6-8H,2,4-5,9-11H2,1,3H3/b15-6-. The van der Waals surface area contributed by atoms with Crippen molar-refractivity contribution in [3.8, 4) is 0 Å². The summed E-state index contributed by atoms with van der Waals surface area (Å²) in [7, 11) is 0. The van der Waals surface area contributed by atoms with Crippen molar-refractivity contribution in [2.45, 2.75) is 39.5 Å². The Balaban J connectivity index is 2.86. The van der Waals surface area contributed by atoms with Crippen LogP contribution in [0.25, 0.3) is 0 Å². The molecule has 2 heteroatoms. The fourth-order valence-electron chi connectivity index (χ4n) is 1.91. The van der Waals surface area contributed by atoms with Crippen molar-refractivity contribution in [2.24, 2.45) is 5.18 Å². The van der Waals surface area contributed by atoms with Gasteiger partial charge < -0.3 is 0 Å². The average Bonchev–Trinajstić information content (AvgIpc) is 2.34. The maximum absolute atomic E-state index is 10.2. The third-order valence-electron chi connectivity index (χ3n) is 2.98. The van der Waals surface area contributed by atoms with E-state index in [2.05, 4.69) is 36.9 Å². The van der Waals surface area contributed by atoms with Crippen LogP contribution in [0.5, 0.6) is 0 Å². The van der Waals surface area contributed by atoms with Gasteiger partial charge in [-0.05, 0) is 42.9 Å². The highest BCUT2D eigenvalue weighted by atomic mass is 16.3. The molecular formula is C15H21NO. The van der Waals surface area contributed by atoms with E-state index >= 15 is 0 Å². The zero-order valence-corrected chi connectivity index (χ0v) is 10.8. The van der Waals surface area contributed by atoms with Crippen LogP contribution in [0.1, 0.15) is 39.5 Å². The molecule has 0 amide bonds. The summed E-state index contributed by atoms with van der Waals surface area (Å²) >= 11 is 0. The first-order valence-corrected chi connectivity index (χ1v) is 6.23. The van der Waals surface area contributed by atoms with E-state index in [1.165, 1.54) is 16.7 Å². The molecule has 0 spiro atoms. The normalized spacial score (nSPS) is 17.6. The van der Waals surface area contributed by atoms with E-state index in [4.69, 9.17) is 0 Å². The van der Waals surface area contributed by atoms with Gasteiger partial charge in [-0.1, -0.05) is 48.9 Å². The Morgan fingerprint density at radius 1 is 1.53 bits per heavy atom. The molecule has 0 saturated carbocycles. The average molecular weight is 231 g/mol. The summed E-state index contributed by atoms with van der Waals surface area (Å²) < 4.78 is 0. The van der Waals surface area contributed by atoms with Crippen molar-refractivity contribution in [1.82, 2.24) is 0 Å². The van der Waals surface area contributed by atoms with Gasteiger partial charge in [-0.3, -0.25) is 0 Å². The van der Waals surface area contributed by atoms with E-state index < -0.39 is 0 Å². The lowest BCUT2D eigenvalue weighted by atomic mass is 9.87. The molecule has 0 heterocycles. The van der Waals surface area contributed by atoms with E-state index in [1.807, 2.05) is 6.92 Å². The van der Waals surface area contributed by atoms with Crippen molar-refractivity contribution in [3.05, 3.63) is 52.0 Å². The molecule has 0 fully saturated rings. The topological polar surface area (TPSA) is 29.4 Å². The number of hydrogen-bond donors (Lipinski definition) is 0. The van der Waals surface area contributed by atoms with Crippen LogP contribution in [-0.2, 0) is 0 Å². The molecule has 1 aliphatic rings. The van der Waals surface area contributed by atoms with Gasteiger partial charge in [-0.2, -0.15) is 4.91 Å². The molecule has 0 aromatic carbocycles. The van der Waals surface area contributed by atoms with Gasteiger partial charge in [0.25, 0.3) is 0 Å². The van der Waals surface area contributed by atoms with Crippen LogP contribution in [0.3, 0.4) is 0 Å². The summed E-state index contributed by atoms with van der Waals surface area (Å²) in [6.45, 7) is 8.56. The van der Waals surface area contributed by atoms with Crippen molar-refractivity contribution < 1.29 is 0 Å². The van der Waals surface area contributed by atoms with Gasteiger partial charge in [0, 0.05) is 0 Å². The Labute approximate surface area is 104 Å². The molecule has 0 aliphatic heterocycles. The molecule has 2 nitrogen and oxygen atoms in total. The molecule has 1 rings (SSSR count). The molecule has 1 aliphatic carbocycles. The fraction of sp³-hybridized carbons (Fsp3) is 0.467. The van der Waals surface area contributed by atoms with E-state index in [0.29, 0.717) is 6.54 Å². The minimum atomic E-state index is 0.367. The highest BCUT2D eigenvalue weighted by molar-refractivity contribution is 5.47. The molecule has 0 bridgehead atoms. The Hall–Kier alpha value is -1.44. The first kappa shape index (κ1) is 13.6. The Kier molecular flexibility index (Phi) is 5.61. The lowest BCUT2D eigenvalue weighted by Gasteiger charge is -2.18. The minimum absolute atomic E-state index is 0.367. The molecule has 0 radical (unpaired) electrons. The van der Waals surface area contributed by atoms with Gasteiger partial charge in [0.05, 0.1) is 6.54 Å². The van der Waals surface area contributed by atoms with E-state index in [9.17, 15) is 4.91 Å². The van der Waals surface area contributed by atoms with Crippen LogP contribution in [0.15, 0.2) is 52.3 Å². The van der Waals surface area contributed by atoms with Gasteiger partial charge >= 0.3 is 0 Å². The highest BCUT2D eigenvalue weighted by Gasteiger charge is 2.12. The number of nitrogens with zero attached hydrogens (tertiary/aromatic N) is 1. The van der Waals surface area contributed by atoms with Crippen LogP contribution >= 0.6 is 0 Å². The fourth-order valence-corrected chi connectivity index (χ4v) is 1.91. The maximum atomic E-state index is 10.2. The smallest absolute Gasteiger partial charge is 0.0851 e. The SMILES string of the molecule is C=C(C)C1=CC=C(CCN=O)/C(=C\CCC)C1. The van der Waals surface area contributed by atoms with Crippen LogP contribution in [0, 0.1) is 4.91 Å². The van der Waals surface area contributed by atoms with Gasteiger partial charge in [0.1, 0.15) is 0 Å². The van der Waals surface area contributed by atoms with Crippen LogP contribution < -0.4 is 0 Å². The molecule has 0 unspecified atom stereocenters. The summed E-state index contributed by atoms with van der Waals surface area (Å²) in [6, 6.07) is 0. The molecular weight excluding hydrogens is 210 g/mol. The Morgan fingerprint density at radius 2 is 2.29 bits per heavy atom. The maximum Gasteiger partial charge on any atom is 0.0851 e. The predicted molar refractivity (Wildman–Crippen MR) is 73.9 cm³/mol. The lowest BCUT2D eigenvalue weighted by molar-refractivity contribution is 0.897. The second kappa shape index (κ2) is 7.00. The summed E-state index contributed by atoms with van der Waals surface area (Å²) in [4.78, 5) is 10.2. The number of nitroso groups, excluding NO2 is 1. The van der Waals surface area contributed by atoms with Gasteiger partial charge in [-0.25, -0.2) is 0 Å². The van der Waals surface area contributed by atoms with Gasteiger partial charge in [0.2, 0.25) is 0 Å². The Morgan fingerprint density at radius 3 is 2.88 bits per heavy atom. The third-order valence-corrected chi connectivity index (χ3v) is 2.98. The highest BCUT2D eigenvalue weighted by Crippen LogP contribution is 2.30. The van der Waals surface area contributed by atoms with E-state index in [0.717, 1.165) is 31.3 Å². The molecule has 0 saturated heterocycles. The largest absolute Gasteiger partial charge is 0.151 e. The molecule has 0 N–H and O–H groups in total. The summed E-state index contributed by atoms with van der Waals surface area (Å²) in [6.07, 6.45) is 10.4. The third kappa shape index (κ3) is 4.14.